The van der Waals surface area contributed by atoms with Crippen LogP contribution in [0.4, 0.5) is 4.39 Å². The van der Waals surface area contributed by atoms with E-state index in [1.807, 2.05) is 6.07 Å². The van der Waals surface area contributed by atoms with E-state index in [4.69, 9.17) is 0 Å². The zero-order valence-corrected chi connectivity index (χ0v) is 12.2. The standard InChI is InChI=1S/C18H22FNO/c19-16-3-1-2-11(9-16)10-20-18(21)17-14-5-12-4-13(7-14)8-15(17)6-12/h1-3,9,12-15,17H,4-8,10H2,(H,20,21). The van der Waals surface area contributed by atoms with Gasteiger partial charge in [-0.05, 0) is 73.5 Å². The van der Waals surface area contributed by atoms with Crippen LogP contribution in [0, 0.1) is 35.4 Å². The van der Waals surface area contributed by atoms with Crippen molar-refractivity contribution in [3.63, 3.8) is 0 Å². The van der Waals surface area contributed by atoms with Crippen LogP contribution in [-0.2, 0) is 11.3 Å². The Morgan fingerprint density at radius 1 is 1.10 bits per heavy atom. The maximum absolute atomic E-state index is 13.2. The first kappa shape index (κ1) is 13.3. The van der Waals surface area contributed by atoms with Gasteiger partial charge in [0.05, 0.1) is 0 Å². The maximum Gasteiger partial charge on any atom is 0.223 e. The highest BCUT2D eigenvalue weighted by Crippen LogP contribution is 2.56. The summed E-state index contributed by atoms with van der Waals surface area (Å²) in [5.74, 6) is 3.16. The number of hydrogen-bond donors (Lipinski definition) is 1. The van der Waals surface area contributed by atoms with Crippen LogP contribution in [0.2, 0.25) is 0 Å². The smallest absolute Gasteiger partial charge is 0.223 e. The van der Waals surface area contributed by atoms with Crippen molar-refractivity contribution in [2.24, 2.45) is 29.6 Å². The van der Waals surface area contributed by atoms with Crippen LogP contribution >= 0.6 is 0 Å². The van der Waals surface area contributed by atoms with Crippen molar-refractivity contribution >= 4 is 5.91 Å². The Hall–Kier alpha value is -1.38. The summed E-state index contributed by atoms with van der Waals surface area (Å²) in [6, 6.07) is 6.49. The molecule has 5 rings (SSSR count). The lowest BCUT2D eigenvalue weighted by atomic mass is 9.51. The fraction of sp³-hybridized carbons (Fsp3) is 0.611. The van der Waals surface area contributed by atoms with Gasteiger partial charge >= 0.3 is 0 Å². The quantitative estimate of drug-likeness (QED) is 0.905. The molecule has 1 aromatic rings. The van der Waals surface area contributed by atoms with Crippen molar-refractivity contribution in [2.45, 2.75) is 38.6 Å². The minimum Gasteiger partial charge on any atom is -0.352 e. The van der Waals surface area contributed by atoms with E-state index in [1.165, 1.54) is 44.2 Å². The molecular formula is C18H22FNO. The molecule has 1 aromatic carbocycles. The molecule has 0 aliphatic heterocycles. The van der Waals surface area contributed by atoms with E-state index in [0.29, 0.717) is 18.4 Å². The van der Waals surface area contributed by atoms with Crippen LogP contribution in [0.3, 0.4) is 0 Å². The summed E-state index contributed by atoms with van der Waals surface area (Å²) in [6.07, 6.45) is 6.43. The van der Waals surface area contributed by atoms with Crippen LogP contribution in [0.5, 0.6) is 0 Å². The Labute approximate surface area is 125 Å². The highest BCUT2D eigenvalue weighted by molar-refractivity contribution is 5.79. The Bertz CT molecular complexity index is 528. The first-order valence-electron chi connectivity index (χ1n) is 8.21. The van der Waals surface area contributed by atoms with Gasteiger partial charge in [0.2, 0.25) is 5.91 Å². The number of nitrogens with one attached hydrogen (secondary N) is 1. The number of rotatable bonds is 3. The van der Waals surface area contributed by atoms with Crippen molar-refractivity contribution in [2.75, 3.05) is 0 Å². The molecule has 4 bridgehead atoms. The number of carbonyl (C=O) groups excluding carboxylic acids is 1. The zero-order chi connectivity index (χ0) is 14.4. The molecular weight excluding hydrogens is 265 g/mol. The number of amides is 1. The summed E-state index contributed by atoms with van der Waals surface area (Å²) in [4.78, 5) is 12.6. The molecule has 0 spiro atoms. The molecule has 0 radical (unpaired) electrons. The lowest BCUT2D eigenvalue weighted by Crippen LogP contribution is -2.50. The van der Waals surface area contributed by atoms with E-state index in [2.05, 4.69) is 5.32 Å². The first-order valence-corrected chi connectivity index (χ1v) is 8.21. The van der Waals surface area contributed by atoms with Gasteiger partial charge in [0, 0.05) is 12.5 Å². The van der Waals surface area contributed by atoms with Gasteiger partial charge in [-0.2, -0.15) is 0 Å². The molecule has 0 aromatic heterocycles. The fourth-order valence-electron chi connectivity index (χ4n) is 5.31. The summed E-state index contributed by atoms with van der Waals surface area (Å²) in [7, 11) is 0. The van der Waals surface area contributed by atoms with E-state index >= 15 is 0 Å². The van der Waals surface area contributed by atoms with Crippen LogP contribution < -0.4 is 5.32 Å². The van der Waals surface area contributed by atoms with Gasteiger partial charge in [-0.3, -0.25) is 4.79 Å². The monoisotopic (exact) mass is 287 g/mol. The van der Waals surface area contributed by atoms with Crippen molar-refractivity contribution in [1.29, 1.82) is 0 Å². The highest BCUT2D eigenvalue weighted by Gasteiger charge is 2.50. The molecule has 0 saturated heterocycles. The molecule has 3 heteroatoms. The van der Waals surface area contributed by atoms with Gasteiger partial charge in [0.1, 0.15) is 5.82 Å². The van der Waals surface area contributed by atoms with Gasteiger partial charge < -0.3 is 5.32 Å². The van der Waals surface area contributed by atoms with Crippen LogP contribution in [-0.4, -0.2) is 5.91 Å². The third kappa shape index (κ3) is 2.47. The molecule has 4 aliphatic rings. The topological polar surface area (TPSA) is 29.1 Å². The molecule has 112 valence electrons. The Morgan fingerprint density at radius 2 is 1.76 bits per heavy atom. The zero-order valence-electron chi connectivity index (χ0n) is 12.2. The molecule has 0 atom stereocenters. The second-order valence-electron chi connectivity index (χ2n) is 7.30. The first-order chi connectivity index (χ1) is 10.2. The minimum absolute atomic E-state index is 0.202. The van der Waals surface area contributed by atoms with E-state index < -0.39 is 0 Å². The molecule has 0 heterocycles. The Morgan fingerprint density at radius 3 is 2.38 bits per heavy atom. The van der Waals surface area contributed by atoms with Gasteiger partial charge in [-0.15, -0.1) is 0 Å². The predicted molar refractivity (Wildman–Crippen MR) is 78.8 cm³/mol. The second-order valence-corrected chi connectivity index (χ2v) is 7.30. The van der Waals surface area contributed by atoms with E-state index in [-0.39, 0.29) is 17.6 Å². The highest BCUT2D eigenvalue weighted by atomic mass is 19.1. The Kier molecular flexibility index (Phi) is 3.24. The lowest BCUT2D eigenvalue weighted by molar-refractivity contribution is -0.138. The SMILES string of the molecule is O=C(NCc1cccc(F)c1)C1C2CC3CC(C2)CC1C3. The average Bonchev–Trinajstić information content (AvgIpc) is 2.44. The molecule has 4 fully saturated rings. The van der Waals surface area contributed by atoms with Crippen LogP contribution in [0.25, 0.3) is 0 Å². The van der Waals surface area contributed by atoms with Crippen molar-refractivity contribution in [1.82, 2.24) is 5.32 Å². The summed E-state index contributed by atoms with van der Waals surface area (Å²) < 4.78 is 13.2. The largest absolute Gasteiger partial charge is 0.352 e. The summed E-state index contributed by atoms with van der Waals surface area (Å²) >= 11 is 0. The lowest BCUT2D eigenvalue weighted by Gasteiger charge is -2.53. The molecule has 1 N–H and O–H groups in total. The average molecular weight is 287 g/mol. The molecule has 4 aliphatic carbocycles. The van der Waals surface area contributed by atoms with Gasteiger partial charge in [0.25, 0.3) is 0 Å². The number of carbonyl (C=O) groups is 1. The molecule has 1 amide bonds. The van der Waals surface area contributed by atoms with E-state index in [0.717, 1.165) is 17.4 Å². The predicted octanol–water partition coefficient (Wildman–Crippen LogP) is 3.51. The van der Waals surface area contributed by atoms with Gasteiger partial charge in [-0.25, -0.2) is 4.39 Å². The third-order valence-electron chi connectivity index (χ3n) is 5.89. The molecule has 0 unspecified atom stereocenters. The van der Waals surface area contributed by atoms with E-state index in [9.17, 15) is 9.18 Å². The number of benzene rings is 1. The Balaban J connectivity index is 1.41. The third-order valence-corrected chi connectivity index (χ3v) is 5.89. The fourth-order valence-corrected chi connectivity index (χ4v) is 5.31. The second kappa shape index (κ2) is 5.11. The summed E-state index contributed by atoms with van der Waals surface area (Å²) in [5, 5.41) is 3.05. The van der Waals surface area contributed by atoms with Crippen LogP contribution in [0.1, 0.15) is 37.7 Å². The normalized spacial score (nSPS) is 36.7. The van der Waals surface area contributed by atoms with E-state index in [1.54, 1.807) is 6.07 Å². The van der Waals surface area contributed by atoms with Crippen molar-refractivity contribution < 1.29 is 9.18 Å². The molecule has 2 nitrogen and oxygen atoms in total. The van der Waals surface area contributed by atoms with Gasteiger partial charge in [0.15, 0.2) is 0 Å². The number of hydrogen-bond acceptors (Lipinski definition) is 1. The molecule has 21 heavy (non-hydrogen) atoms. The number of halogens is 1. The minimum atomic E-state index is -0.239. The summed E-state index contributed by atoms with van der Waals surface area (Å²) in [5.41, 5.74) is 0.840. The maximum atomic E-state index is 13.2. The van der Waals surface area contributed by atoms with Crippen LogP contribution in [0.15, 0.2) is 24.3 Å². The molecule has 4 saturated carbocycles. The summed E-state index contributed by atoms with van der Waals surface area (Å²) in [6.45, 7) is 0.444. The van der Waals surface area contributed by atoms with Crippen molar-refractivity contribution in [3.8, 4) is 0 Å². The van der Waals surface area contributed by atoms with Gasteiger partial charge in [-0.1, -0.05) is 12.1 Å². The van der Waals surface area contributed by atoms with Crippen molar-refractivity contribution in [3.05, 3.63) is 35.6 Å².